The minimum atomic E-state index is -0.785. The minimum absolute atomic E-state index is 0.112. The Morgan fingerprint density at radius 3 is 2.51 bits per heavy atom. The Morgan fingerprint density at radius 1 is 1.06 bits per heavy atom. The second-order valence-corrected chi connectivity index (χ2v) is 12.9. The number of nitrogens with one attached hydrogen (secondary N) is 3. The van der Waals surface area contributed by atoms with E-state index in [1.54, 1.807) is 22.8 Å². The van der Waals surface area contributed by atoms with Crippen LogP contribution < -0.4 is 20.9 Å². The van der Waals surface area contributed by atoms with Gasteiger partial charge in [0, 0.05) is 42.8 Å². The molecule has 10 nitrogen and oxygen atoms in total. The number of nitrogens with zero attached hydrogens (tertiary/aromatic N) is 2. The summed E-state index contributed by atoms with van der Waals surface area (Å²) in [7, 11) is 0. The highest BCUT2D eigenvalue weighted by molar-refractivity contribution is 6.00. The summed E-state index contributed by atoms with van der Waals surface area (Å²) in [5.41, 5.74) is 4.03. The molecule has 4 N–H and O–H groups in total. The fraction of sp³-hybridized carbons (Fsp3) is 0.417. The van der Waals surface area contributed by atoms with Crippen LogP contribution in [0.25, 0.3) is 11.1 Å². The lowest BCUT2D eigenvalue weighted by atomic mass is 9.99. The number of β-amino-alcohol motifs (C(OH)–C–C–N with tert-alkyl or cyclic N) is 1. The summed E-state index contributed by atoms with van der Waals surface area (Å²) in [6, 6.07) is 18.8. The number of hydrogen-bond acceptors (Lipinski definition) is 6. The zero-order valence-corrected chi connectivity index (χ0v) is 27.2. The van der Waals surface area contributed by atoms with E-state index in [4.69, 9.17) is 4.74 Å². The molecule has 4 amide bonds. The molecule has 2 aliphatic heterocycles. The lowest BCUT2D eigenvalue weighted by Gasteiger charge is -2.29. The van der Waals surface area contributed by atoms with Crippen LogP contribution in [0.3, 0.4) is 0 Å². The molecule has 1 saturated heterocycles. The zero-order valence-electron chi connectivity index (χ0n) is 27.2. The molecule has 0 saturated carbocycles. The number of benzene rings is 3. The Kier molecular flexibility index (Phi) is 10.9. The minimum Gasteiger partial charge on any atom is -0.392 e. The van der Waals surface area contributed by atoms with Gasteiger partial charge in [0.1, 0.15) is 11.9 Å². The second kappa shape index (κ2) is 15.1. The van der Waals surface area contributed by atoms with E-state index in [1.807, 2.05) is 62.4 Å². The van der Waals surface area contributed by atoms with Gasteiger partial charge in [0.15, 0.2) is 0 Å². The Balaban J connectivity index is 1.32. The molecule has 2 heterocycles. The van der Waals surface area contributed by atoms with Gasteiger partial charge >= 0.3 is 6.03 Å². The average molecular weight is 646 g/mol. The van der Waals surface area contributed by atoms with Crippen LogP contribution in [0.4, 0.5) is 20.6 Å². The highest BCUT2D eigenvalue weighted by atomic mass is 19.1. The van der Waals surface area contributed by atoms with Crippen molar-refractivity contribution in [3.8, 4) is 11.1 Å². The number of ether oxygens (including phenoxy) is 1. The molecule has 0 unspecified atom stereocenters. The van der Waals surface area contributed by atoms with E-state index >= 15 is 0 Å². The van der Waals surface area contributed by atoms with Gasteiger partial charge in [0.25, 0.3) is 0 Å². The van der Waals surface area contributed by atoms with Gasteiger partial charge in [0.05, 0.1) is 31.5 Å². The fourth-order valence-electron chi connectivity index (χ4n) is 5.95. The molecule has 250 valence electrons. The van der Waals surface area contributed by atoms with Gasteiger partial charge in [-0.3, -0.25) is 9.59 Å². The topological polar surface area (TPSA) is 123 Å². The first-order valence-electron chi connectivity index (χ1n) is 16.1. The number of para-hydroxylation sites is 1. The van der Waals surface area contributed by atoms with Crippen LogP contribution in [-0.2, 0) is 27.3 Å². The fourth-order valence-corrected chi connectivity index (χ4v) is 5.95. The van der Waals surface area contributed by atoms with Crippen LogP contribution >= 0.6 is 0 Å². The largest absolute Gasteiger partial charge is 0.392 e. The van der Waals surface area contributed by atoms with Crippen molar-refractivity contribution in [2.24, 2.45) is 0 Å². The van der Waals surface area contributed by atoms with Crippen molar-refractivity contribution in [2.45, 2.75) is 64.3 Å². The number of morpholine rings is 1. The summed E-state index contributed by atoms with van der Waals surface area (Å²) < 4.78 is 19.7. The number of anilines is 2. The number of rotatable bonds is 10. The number of hydrogen-bond donors (Lipinski definition) is 4. The summed E-state index contributed by atoms with van der Waals surface area (Å²) in [5.74, 6) is -0.931. The van der Waals surface area contributed by atoms with Gasteiger partial charge in [-0.2, -0.15) is 0 Å². The van der Waals surface area contributed by atoms with Crippen molar-refractivity contribution < 1.29 is 28.6 Å². The lowest BCUT2D eigenvalue weighted by molar-refractivity contribution is -0.128. The van der Waals surface area contributed by atoms with Gasteiger partial charge in [-0.1, -0.05) is 42.5 Å². The number of halogens is 1. The molecule has 0 spiro atoms. The Bertz CT molecular complexity index is 1570. The molecule has 2 atom stereocenters. The van der Waals surface area contributed by atoms with E-state index in [9.17, 15) is 23.9 Å². The first-order valence-corrected chi connectivity index (χ1v) is 16.1. The molecule has 5 rings (SSSR count). The maximum Gasteiger partial charge on any atom is 0.322 e. The molecular formula is C36H44FN5O5. The van der Waals surface area contributed by atoms with Gasteiger partial charge in [0.2, 0.25) is 11.8 Å². The summed E-state index contributed by atoms with van der Waals surface area (Å²) in [4.78, 5) is 43.3. The van der Waals surface area contributed by atoms with E-state index < -0.39 is 17.7 Å². The van der Waals surface area contributed by atoms with E-state index in [1.165, 1.54) is 12.1 Å². The van der Waals surface area contributed by atoms with Crippen LogP contribution in [0.5, 0.6) is 0 Å². The highest BCUT2D eigenvalue weighted by Gasteiger charge is 2.33. The van der Waals surface area contributed by atoms with Crippen LogP contribution in [0.1, 0.15) is 44.7 Å². The normalized spacial score (nSPS) is 17.5. The predicted octanol–water partition coefficient (Wildman–Crippen LogP) is 4.46. The highest BCUT2D eigenvalue weighted by Crippen LogP contribution is 2.32. The molecule has 0 aromatic heterocycles. The van der Waals surface area contributed by atoms with Crippen molar-refractivity contribution in [3.05, 3.63) is 83.7 Å². The number of aliphatic hydroxyl groups excluding tert-OH is 1. The lowest BCUT2D eigenvalue weighted by Crippen LogP contribution is -2.51. The maximum atomic E-state index is 14.3. The van der Waals surface area contributed by atoms with Crippen molar-refractivity contribution in [2.75, 3.05) is 43.1 Å². The monoisotopic (exact) mass is 645 g/mol. The third-order valence-corrected chi connectivity index (χ3v) is 8.49. The number of urea groups is 1. The van der Waals surface area contributed by atoms with E-state index in [0.717, 1.165) is 16.7 Å². The molecule has 11 heteroatoms. The predicted molar refractivity (Wildman–Crippen MR) is 180 cm³/mol. The van der Waals surface area contributed by atoms with Gasteiger partial charge in [-0.25, -0.2) is 9.18 Å². The Morgan fingerprint density at radius 2 is 1.79 bits per heavy atom. The number of carbonyl (C=O) groups is 3. The summed E-state index contributed by atoms with van der Waals surface area (Å²) in [5, 5.41) is 18.8. The maximum absolute atomic E-state index is 14.3. The van der Waals surface area contributed by atoms with Gasteiger partial charge in [-0.05, 0) is 74.6 Å². The smallest absolute Gasteiger partial charge is 0.322 e. The molecule has 3 aromatic rings. The Hall–Kier alpha value is -4.32. The number of aliphatic hydroxyl groups is 1. The van der Waals surface area contributed by atoms with E-state index in [0.29, 0.717) is 62.6 Å². The van der Waals surface area contributed by atoms with E-state index in [2.05, 4.69) is 16.0 Å². The molecule has 0 bridgehead atoms. The Labute approximate surface area is 275 Å². The zero-order chi connectivity index (χ0) is 33.6. The summed E-state index contributed by atoms with van der Waals surface area (Å²) in [6.45, 7) is 8.08. The molecule has 1 fully saturated rings. The SMILES string of the molecule is C[C@@H](O)CNC(C)(C)CC(=O)N[C@@H]1CCc2cc(F)ccc2N(Cc2ccc(-c3ccccc3NC(=O)N3CCOCC3)cc2)C1=O. The third-order valence-electron chi connectivity index (χ3n) is 8.49. The molecule has 47 heavy (non-hydrogen) atoms. The number of aryl methyl sites for hydroxylation is 1. The van der Waals surface area contributed by atoms with Crippen molar-refractivity contribution in [1.29, 1.82) is 0 Å². The summed E-state index contributed by atoms with van der Waals surface area (Å²) in [6.07, 6.45) is 0.320. The van der Waals surface area contributed by atoms with Crippen molar-refractivity contribution in [1.82, 2.24) is 15.5 Å². The average Bonchev–Trinajstić information content (AvgIpc) is 3.16. The van der Waals surface area contributed by atoms with Crippen molar-refractivity contribution in [3.63, 3.8) is 0 Å². The van der Waals surface area contributed by atoms with Gasteiger partial charge < -0.3 is 35.6 Å². The quantitative estimate of drug-likeness (QED) is 0.258. The van der Waals surface area contributed by atoms with Crippen LogP contribution in [0, 0.1) is 5.82 Å². The summed E-state index contributed by atoms with van der Waals surface area (Å²) >= 11 is 0. The van der Waals surface area contributed by atoms with Crippen LogP contribution in [0.15, 0.2) is 66.7 Å². The second-order valence-electron chi connectivity index (χ2n) is 12.9. The van der Waals surface area contributed by atoms with Crippen molar-refractivity contribution >= 4 is 29.2 Å². The number of amides is 4. The standard InChI is InChI=1S/C36H44FN5O5/c1-24(43)22-38-36(2,3)21-33(44)39-31-14-12-27-20-28(37)13-15-32(27)42(34(31)45)23-25-8-10-26(11-9-25)29-6-4-5-7-30(29)40-35(46)41-16-18-47-19-17-41/h4-11,13,15,20,24,31,38,43H,12,14,16-19,21-23H2,1-3H3,(H,39,44)(H,40,46)/t24-,31-/m1/s1. The first-order chi connectivity index (χ1) is 22.5. The van der Waals surface area contributed by atoms with Crippen LogP contribution in [0.2, 0.25) is 0 Å². The van der Waals surface area contributed by atoms with E-state index in [-0.39, 0.29) is 36.6 Å². The molecule has 3 aromatic carbocycles. The third kappa shape index (κ3) is 8.94. The first kappa shape index (κ1) is 34.0. The number of carbonyl (C=O) groups excluding carboxylic acids is 3. The van der Waals surface area contributed by atoms with Gasteiger partial charge in [-0.15, -0.1) is 0 Å². The number of fused-ring (bicyclic) bond motifs is 1. The van der Waals surface area contributed by atoms with Crippen LogP contribution in [-0.4, -0.2) is 78.4 Å². The molecule has 0 radical (unpaired) electrons. The molecular weight excluding hydrogens is 601 g/mol. The molecule has 2 aliphatic rings. The molecule has 0 aliphatic carbocycles.